The predicted octanol–water partition coefficient (Wildman–Crippen LogP) is 5.93. The van der Waals surface area contributed by atoms with Gasteiger partial charge in [-0.1, -0.05) is 46.7 Å². The number of fused-ring (bicyclic) bond motifs is 1. The molecule has 0 spiro atoms. The number of benzene rings is 2. The average Bonchev–Trinajstić information content (AvgIpc) is 3.05. The quantitative estimate of drug-likeness (QED) is 0.459. The molecule has 1 heterocycles. The molecule has 1 aromatic heterocycles. The lowest BCUT2D eigenvalue weighted by Gasteiger charge is -2.21. The van der Waals surface area contributed by atoms with Gasteiger partial charge < -0.3 is 4.90 Å². The number of hydrogen-bond acceptors (Lipinski definition) is 4. The first-order valence-electron chi connectivity index (χ1n) is 8.64. The van der Waals surface area contributed by atoms with Gasteiger partial charge in [0, 0.05) is 11.6 Å². The molecular formula is C20H22Cl3N3OS. The number of aryl methyl sites for hydroxylation is 1. The molecule has 8 heteroatoms. The van der Waals surface area contributed by atoms with Gasteiger partial charge in [-0.25, -0.2) is 4.98 Å². The van der Waals surface area contributed by atoms with Crippen LogP contribution in [0.3, 0.4) is 0 Å². The van der Waals surface area contributed by atoms with Gasteiger partial charge in [-0.15, -0.1) is 12.4 Å². The maximum Gasteiger partial charge on any atom is 0.261 e. The topological polar surface area (TPSA) is 36.4 Å². The summed E-state index contributed by atoms with van der Waals surface area (Å²) in [6, 6.07) is 11.0. The Morgan fingerprint density at radius 3 is 2.57 bits per heavy atom. The highest BCUT2D eigenvalue weighted by atomic mass is 35.5. The number of rotatable bonds is 6. The minimum absolute atomic E-state index is 0. The Labute approximate surface area is 185 Å². The average molecular weight is 459 g/mol. The molecule has 0 saturated heterocycles. The van der Waals surface area contributed by atoms with Gasteiger partial charge in [0.25, 0.3) is 5.91 Å². The van der Waals surface area contributed by atoms with E-state index in [-0.39, 0.29) is 18.3 Å². The number of carbonyl (C=O) groups excluding carboxylic acids is 1. The van der Waals surface area contributed by atoms with Crippen LogP contribution in [-0.2, 0) is 0 Å². The second-order valence-electron chi connectivity index (χ2n) is 6.66. The van der Waals surface area contributed by atoms with Gasteiger partial charge in [-0.05, 0) is 63.8 Å². The molecule has 0 radical (unpaired) electrons. The molecule has 150 valence electrons. The molecule has 3 aromatic rings. The lowest BCUT2D eigenvalue weighted by atomic mass is 10.2. The van der Waals surface area contributed by atoms with Crippen molar-refractivity contribution in [2.75, 3.05) is 32.1 Å². The highest BCUT2D eigenvalue weighted by Gasteiger charge is 2.23. The second-order valence-corrected chi connectivity index (χ2v) is 8.51. The number of aromatic nitrogens is 1. The zero-order valence-corrected chi connectivity index (χ0v) is 19.1. The minimum atomic E-state index is -0.182. The number of para-hydroxylation sites is 1. The van der Waals surface area contributed by atoms with Crippen LogP contribution in [0, 0.1) is 6.92 Å². The Morgan fingerprint density at radius 2 is 1.89 bits per heavy atom. The summed E-state index contributed by atoms with van der Waals surface area (Å²) in [5.74, 6) is -0.182. The standard InChI is InChI=1S/C20H21Cl2N3OS.ClH/c1-13-6-4-7-17-18(13)23-20(27-17)25(11-5-10-24(2)3)19(26)15-12-14(21)8-9-16(15)22;/h4,6-9,12H,5,10-11H2,1-3H3;1H. The van der Waals surface area contributed by atoms with Gasteiger partial charge in [-0.2, -0.15) is 0 Å². The maximum absolute atomic E-state index is 13.3. The Balaban J connectivity index is 0.00000280. The summed E-state index contributed by atoms with van der Waals surface area (Å²) >= 11 is 13.9. The van der Waals surface area contributed by atoms with Crippen LogP contribution in [0.1, 0.15) is 22.3 Å². The van der Waals surface area contributed by atoms with E-state index >= 15 is 0 Å². The third kappa shape index (κ3) is 5.16. The number of hydrogen-bond donors (Lipinski definition) is 0. The lowest BCUT2D eigenvalue weighted by molar-refractivity contribution is 0.0986. The zero-order valence-electron chi connectivity index (χ0n) is 15.9. The van der Waals surface area contributed by atoms with Crippen molar-refractivity contribution in [2.24, 2.45) is 0 Å². The van der Waals surface area contributed by atoms with Crippen molar-refractivity contribution in [1.29, 1.82) is 0 Å². The van der Waals surface area contributed by atoms with E-state index in [9.17, 15) is 4.79 Å². The van der Waals surface area contributed by atoms with Crippen molar-refractivity contribution in [3.63, 3.8) is 0 Å². The van der Waals surface area contributed by atoms with Gasteiger partial charge >= 0.3 is 0 Å². The van der Waals surface area contributed by atoms with Crippen molar-refractivity contribution in [3.8, 4) is 0 Å². The number of thiazole rings is 1. The van der Waals surface area contributed by atoms with E-state index in [0.29, 0.717) is 27.3 Å². The molecule has 0 fully saturated rings. The van der Waals surface area contributed by atoms with Crippen LogP contribution >= 0.6 is 46.9 Å². The molecule has 0 N–H and O–H groups in total. The summed E-state index contributed by atoms with van der Waals surface area (Å²) in [5, 5.41) is 1.55. The number of carbonyl (C=O) groups is 1. The van der Waals surface area contributed by atoms with E-state index in [2.05, 4.69) is 4.90 Å². The highest BCUT2D eigenvalue weighted by molar-refractivity contribution is 7.22. The SMILES string of the molecule is Cc1cccc2sc(N(CCCN(C)C)C(=O)c3cc(Cl)ccc3Cl)nc12.Cl. The van der Waals surface area contributed by atoms with Crippen LogP contribution in [-0.4, -0.2) is 43.0 Å². The summed E-state index contributed by atoms with van der Waals surface area (Å²) in [7, 11) is 4.03. The summed E-state index contributed by atoms with van der Waals surface area (Å²) in [6.07, 6.45) is 0.825. The first-order valence-corrected chi connectivity index (χ1v) is 10.2. The molecule has 2 aromatic carbocycles. The van der Waals surface area contributed by atoms with Crippen LogP contribution in [0.4, 0.5) is 5.13 Å². The molecule has 3 rings (SSSR count). The molecule has 0 atom stereocenters. The van der Waals surface area contributed by atoms with E-state index in [1.807, 2.05) is 39.2 Å². The number of amides is 1. The first kappa shape index (κ1) is 22.9. The van der Waals surface area contributed by atoms with Gasteiger partial charge in [0.15, 0.2) is 5.13 Å². The molecule has 4 nitrogen and oxygen atoms in total. The number of nitrogens with zero attached hydrogens (tertiary/aromatic N) is 3. The molecule has 1 amide bonds. The first-order chi connectivity index (χ1) is 12.9. The van der Waals surface area contributed by atoms with Gasteiger partial charge in [0.1, 0.15) is 0 Å². The Hall–Kier alpha value is -1.37. The fraction of sp³-hybridized carbons (Fsp3) is 0.300. The molecule has 0 saturated carbocycles. The van der Waals surface area contributed by atoms with E-state index < -0.39 is 0 Å². The summed E-state index contributed by atoms with van der Waals surface area (Å²) in [4.78, 5) is 21.8. The van der Waals surface area contributed by atoms with Crippen molar-refractivity contribution in [3.05, 3.63) is 57.6 Å². The third-order valence-corrected chi connectivity index (χ3v) is 5.84. The molecule has 28 heavy (non-hydrogen) atoms. The monoisotopic (exact) mass is 457 g/mol. The van der Waals surface area contributed by atoms with Crippen molar-refractivity contribution >= 4 is 68.2 Å². The van der Waals surface area contributed by atoms with Gasteiger partial charge in [0.2, 0.25) is 0 Å². The summed E-state index contributed by atoms with van der Waals surface area (Å²) in [5.41, 5.74) is 2.42. The number of anilines is 1. The third-order valence-electron chi connectivity index (χ3n) is 4.23. The molecule has 0 bridgehead atoms. The summed E-state index contributed by atoms with van der Waals surface area (Å²) < 4.78 is 1.06. The van der Waals surface area contributed by atoms with Gasteiger partial charge in [-0.3, -0.25) is 9.69 Å². The van der Waals surface area contributed by atoms with E-state index in [4.69, 9.17) is 28.2 Å². The maximum atomic E-state index is 13.3. The Bertz CT molecular complexity index is 974. The van der Waals surface area contributed by atoms with Crippen molar-refractivity contribution < 1.29 is 4.79 Å². The van der Waals surface area contributed by atoms with Crippen molar-refractivity contribution in [1.82, 2.24) is 9.88 Å². The van der Waals surface area contributed by atoms with E-state index in [1.54, 1.807) is 23.1 Å². The molecule has 0 aliphatic rings. The van der Waals surface area contributed by atoms with Gasteiger partial charge in [0.05, 0.1) is 20.8 Å². The Kier molecular flexibility index (Phi) is 8.10. The van der Waals surface area contributed by atoms with E-state index in [0.717, 1.165) is 28.7 Å². The van der Waals surface area contributed by atoms with Crippen LogP contribution in [0.2, 0.25) is 10.0 Å². The second kappa shape index (κ2) is 9.90. The normalized spacial score (nSPS) is 10.9. The largest absolute Gasteiger partial charge is 0.309 e. The molecule has 0 aliphatic carbocycles. The minimum Gasteiger partial charge on any atom is -0.309 e. The fourth-order valence-corrected chi connectivity index (χ4v) is 4.26. The predicted molar refractivity (Wildman–Crippen MR) is 123 cm³/mol. The highest BCUT2D eigenvalue weighted by Crippen LogP contribution is 2.32. The Morgan fingerprint density at radius 1 is 1.14 bits per heavy atom. The molecule has 0 unspecified atom stereocenters. The van der Waals surface area contributed by atoms with Crippen LogP contribution in [0.15, 0.2) is 36.4 Å². The molecule has 0 aliphatic heterocycles. The zero-order chi connectivity index (χ0) is 19.6. The fourth-order valence-electron chi connectivity index (χ4n) is 2.83. The lowest BCUT2D eigenvalue weighted by Crippen LogP contribution is -2.33. The van der Waals surface area contributed by atoms with E-state index in [1.165, 1.54) is 11.3 Å². The smallest absolute Gasteiger partial charge is 0.261 e. The van der Waals surface area contributed by atoms with Crippen LogP contribution < -0.4 is 4.90 Å². The van der Waals surface area contributed by atoms with Crippen LogP contribution in [0.25, 0.3) is 10.2 Å². The summed E-state index contributed by atoms with van der Waals surface area (Å²) in [6.45, 7) is 3.45. The van der Waals surface area contributed by atoms with Crippen molar-refractivity contribution in [2.45, 2.75) is 13.3 Å². The van der Waals surface area contributed by atoms with Crippen LogP contribution in [0.5, 0.6) is 0 Å². The number of halogens is 3. The molecular weight excluding hydrogens is 437 g/mol.